The molecule has 0 aromatic heterocycles. The largest absolute Gasteiger partial charge is 0.322 e. The molecule has 0 unspecified atom stereocenters. The highest BCUT2D eigenvalue weighted by atomic mass is 35.5. The van der Waals surface area contributed by atoms with Gasteiger partial charge in [0.25, 0.3) is 5.91 Å². The van der Waals surface area contributed by atoms with E-state index in [1.54, 1.807) is 30.3 Å². The summed E-state index contributed by atoms with van der Waals surface area (Å²) in [7, 11) is 0. The Hall–Kier alpha value is -2.66. The van der Waals surface area contributed by atoms with Gasteiger partial charge in [-0.05, 0) is 55.3 Å². The SMILES string of the molecule is CCCCCCCC(=O)N/N=C(/C)c1cccc(NC(=O)c2ccc(Cl)cc2)c1. The summed E-state index contributed by atoms with van der Waals surface area (Å²) >= 11 is 5.86. The monoisotopic (exact) mass is 413 g/mol. The first-order valence-electron chi connectivity index (χ1n) is 10.00. The van der Waals surface area contributed by atoms with Crippen molar-refractivity contribution in [3.63, 3.8) is 0 Å². The zero-order chi connectivity index (χ0) is 21.1. The van der Waals surface area contributed by atoms with E-state index in [0.717, 1.165) is 18.4 Å². The Labute approximate surface area is 177 Å². The van der Waals surface area contributed by atoms with Crippen molar-refractivity contribution < 1.29 is 9.59 Å². The van der Waals surface area contributed by atoms with Gasteiger partial charge in [0.15, 0.2) is 0 Å². The Bertz CT molecular complexity index is 847. The van der Waals surface area contributed by atoms with Crippen molar-refractivity contribution in [3.05, 3.63) is 64.7 Å². The third-order valence-corrected chi connectivity index (χ3v) is 4.75. The summed E-state index contributed by atoms with van der Waals surface area (Å²) in [6.07, 6.45) is 6.00. The minimum absolute atomic E-state index is 0.0759. The summed E-state index contributed by atoms with van der Waals surface area (Å²) in [5.74, 6) is -0.294. The van der Waals surface area contributed by atoms with E-state index >= 15 is 0 Å². The van der Waals surface area contributed by atoms with Crippen molar-refractivity contribution in [1.29, 1.82) is 0 Å². The van der Waals surface area contributed by atoms with Crippen LogP contribution in [0.5, 0.6) is 0 Å². The number of carbonyl (C=O) groups excluding carboxylic acids is 2. The van der Waals surface area contributed by atoms with Gasteiger partial charge < -0.3 is 5.32 Å². The van der Waals surface area contributed by atoms with E-state index in [0.29, 0.717) is 28.4 Å². The lowest BCUT2D eigenvalue weighted by molar-refractivity contribution is -0.121. The molecule has 2 aromatic carbocycles. The first-order chi connectivity index (χ1) is 14.0. The molecule has 0 saturated carbocycles. The summed E-state index contributed by atoms with van der Waals surface area (Å²) in [4.78, 5) is 24.3. The highest BCUT2D eigenvalue weighted by Gasteiger charge is 2.07. The number of carbonyl (C=O) groups is 2. The smallest absolute Gasteiger partial charge is 0.255 e. The Morgan fingerprint density at radius 1 is 0.966 bits per heavy atom. The molecule has 154 valence electrons. The van der Waals surface area contributed by atoms with Crippen molar-refractivity contribution in [3.8, 4) is 0 Å². The number of hydrogen-bond acceptors (Lipinski definition) is 3. The van der Waals surface area contributed by atoms with Crippen LogP contribution in [0.2, 0.25) is 5.02 Å². The Balaban J connectivity index is 1.90. The van der Waals surface area contributed by atoms with Gasteiger partial charge >= 0.3 is 0 Å². The summed E-state index contributed by atoms with van der Waals surface area (Å²) in [5, 5.41) is 7.63. The van der Waals surface area contributed by atoms with E-state index in [9.17, 15) is 9.59 Å². The predicted molar refractivity (Wildman–Crippen MR) is 120 cm³/mol. The maximum atomic E-state index is 12.3. The molecule has 29 heavy (non-hydrogen) atoms. The van der Waals surface area contributed by atoms with E-state index in [1.807, 2.05) is 25.1 Å². The van der Waals surface area contributed by atoms with E-state index < -0.39 is 0 Å². The summed E-state index contributed by atoms with van der Waals surface area (Å²) in [6.45, 7) is 3.99. The van der Waals surface area contributed by atoms with Gasteiger partial charge in [0, 0.05) is 22.7 Å². The number of halogens is 1. The van der Waals surface area contributed by atoms with Crippen LogP contribution in [0.3, 0.4) is 0 Å². The number of benzene rings is 2. The molecule has 0 heterocycles. The molecule has 0 aliphatic heterocycles. The Morgan fingerprint density at radius 3 is 2.41 bits per heavy atom. The molecule has 0 bridgehead atoms. The molecule has 0 saturated heterocycles. The first kappa shape index (κ1) is 22.6. The van der Waals surface area contributed by atoms with Gasteiger partial charge in [0.2, 0.25) is 5.91 Å². The fraction of sp³-hybridized carbons (Fsp3) is 0.348. The number of hydrogen-bond donors (Lipinski definition) is 2. The number of unbranched alkanes of at least 4 members (excludes halogenated alkanes) is 4. The second-order valence-electron chi connectivity index (χ2n) is 6.94. The number of hydrazone groups is 1. The van der Waals surface area contributed by atoms with Crippen molar-refractivity contribution in [2.75, 3.05) is 5.32 Å². The summed E-state index contributed by atoms with van der Waals surface area (Å²) < 4.78 is 0. The van der Waals surface area contributed by atoms with Crippen LogP contribution in [0.25, 0.3) is 0 Å². The van der Waals surface area contributed by atoms with E-state index in [4.69, 9.17) is 11.6 Å². The molecule has 0 atom stereocenters. The number of amides is 2. The Morgan fingerprint density at radius 2 is 1.69 bits per heavy atom. The highest BCUT2D eigenvalue weighted by molar-refractivity contribution is 6.30. The quantitative estimate of drug-likeness (QED) is 0.294. The standard InChI is InChI=1S/C23H28ClN3O2/c1-3-4-5-6-7-11-22(28)27-26-17(2)19-9-8-10-21(16-19)25-23(29)18-12-14-20(24)15-13-18/h8-10,12-16H,3-7,11H2,1-2H3,(H,25,29)(H,27,28)/b26-17-. The van der Waals surface area contributed by atoms with Crippen molar-refractivity contribution in [2.24, 2.45) is 5.10 Å². The molecule has 0 aliphatic rings. The van der Waals surface area contributed by atoms with E-state index in [1.165, 1.54) is 19.3 Å². The van der Waals surface area contributed by atoms with E-state index in [2.05, 4.69) is 22.8 Å². The molecule has 2 rings (SSSR count). The lowest BCUT2D eigenvalue weighted by Crippen LogP contribution is -2.19. The Kier molecular flexibility index (Phi) is 9.38. The number of nitrogens with one attached hydrogen (secondary N) is 2. The molecular weight excluding hydrogens is 386 g/mol. The van der Waals surface area contributed by atoms with Gasteiger partial charge in [-0.3, -0.25) is 9.59 Å². The molecular formula is C23H28ClN3O2. The van der Waals surface area contributed by atoms with Gasteiger partial charge in [0.1, 0.15) is 0 Å². The van der Waals surface area contributed by atoms with Crippen LogP contribution in [0.4, 0.5) is 5.69 Å². The van der Waals surface area contributed by atoms with E-state index in [-0.39, 0.29) is 11.8 Å². The molecule has 2 N–H and O–H groups in total. The number of rotatable bonds is 10. The molecule has 0 spiro atoms. The van der Waals surface area contributed by atoms with Gasteiger partial charge in [-0.2, -0.15) is 5.10 Å². The van der Waals surface area contributed by atoms with Crippen LogP contribution in [0, 0.1) is 0 Å². The third kappa shape index (κ3) is 8.08. The fourth-order valence-corrected chi connectivity index (χ4v) is 2.91. The zero-order valence-electron chi connectivity index (χ0n) is 17.0. The summed E-state index contributed by atoms with van der Waals surface area (Å²) in [6, 6.07) is 14.0. The lowest BCUT2D eigenvalue weighted by Gasteiger charge is -2.08. The van der Waals surface area contributed by atoms with Gasteiger partial charge in [-0.25, -0.2) is 5.43 Å². The van der Waals surface area contributed by atoms with Gasteiger partial charge in [0.05, 0.1) is 5.71 Å². The summed E-state index contributed by atoms with van der Waals surface area (Å²) in [5.41, 5.74) is 5.28. The van der Waals surface area contributed by atoms with Crippen LogP contribution >= 0.6 is 11.6 Å². The van der Waals surface area contributed by atoms with Crippen LogP contribution in [-0.4, -0.2) is 17.5 Å². The molecule has 5 nitrogen and oxygen atoms in total. The molecule has 6 heteroatoms. The topological polar surface area (TPSA) is 70.6 Å². The molecule has 2 amide bonds. The minimum atomic E-state index is -0.218. The molecule has 0 fully saturated rings. The van der Waals surface area contributed by atoms with Crippen molar-refractivity contribution in [2.45, 2.75) is 52.4 Å². The second kappa shape index (κ2) is 12.0. The van der Waals surface area contributed by atoms with Crippen LogP contribution < -0.4 is 10.7 Å². The van der Waals surface area contributed by atoms with Gasteiger partial charge in [-0.15, -0.1) is 0 Å². The molecule has 0 aliphatic carbocycles. The van der Waals surface area contributed by atoms with Gasteiger partial charge in [-0.1, -0.05) is 56.3 Å². The van der Waals surface area contributed by atoms with Crippen molar-refractivity contribution in [1.82, 2.24) is 5.43 Å². The second-order valence-corrected chi connectivity index (χ2v) is 7.37. The highest BCUT2D eigenvalue weighted by Crippen LogP contribution is 2.15. The van der Waals surface area contributed by atoms with Crippen molar-refractivity contribution >= 4 is 34.8 Å². The minimum Gasteiger partial charge on any atom is -0.322 e. The maximum Gasteiger partial charge on any atom is 0.255 e. The third-order valence-electron chi connectivity index (χ3n) is 4.50. The predicted octanol–water partition coefficient (Wildman–Crippen LogP) is 5.79. The van der Waals surface area contributed by atoms with Crippen LogP contribution in [-0.2, 0) is 4.79 Å². The number of anilines is 1. The molecule has 2 aromatic rings. The maximum absolute atomic E-state index is 12.3. The zero-order valence-corrected chi connectivity index (χ0v) is 17.8. The average molecular weight is 414 g/mol. The lowest BCUT2D eigenvalue weighted by atomic mass is 10.1. The van der Waals surface area contributed by atoms with Crippen LogP contribution in [0.15, 0.2) is 53.6 Å². The number of nitrogens with zero attached hydrogens (tertiary/aromatic N) is 1. The fourth-order valence-electron chi connectivity index (χ4n) is 2.78. The average Bonchev–Trinajstić information content (AvgIpc) is 2.72. The van der Waals surface area contributed by atoms with Crippen LogP contribution in [0.1, 0.15) is 68.3 Å². The normalized spacial score (nSPS) is 11.2. The first-order valence-corrected chi connectivity index (χ1v) is 10.4. The molecule has 0 radical (unpaired) electrons.